The van der Waals surface area contributed by atoms with E-state index in [0.29, 0.717) is 5.56 Å². The Balaban J connectivity index is 2.38. The molecule has 8 heteroatoms. The van der Waals surface area contributed by atoms with Crippen molar-refractivity contribution in [1.29, 1.82) is 0 Å². The molecule has 0 spiro atoms. The Labute approximate surface area is 131 Å². The Bertz CT molecular complexity index is 613. The Morgan fingerprint density at radius 1 is 1.35 bits per heavy atom. The fraction of sp³-hybridized carbons (Fsp3) is 0.467. The summed E-state index contributed by atoms with van der Waals surface area (Å²) in [6.07, 6.45) is -6.46. The Morgan fingerprint density at radius 3 is 2.43 bits per heavy atom. The van der Waals surface area contributed by atoms with Crippen molar-refractivity contribution in [3.05, 3.63) is 35.4 Å². The zero-order valence-electron chi connectivity index (χ0n) is 12.7. The van der Waals surface area contributed by atoms with Crippen molar-refractivity contribution in [2.75, 3.05) is 6.61 Å². The molecule has 1 aromatic carbocycles. The summed E-state index contributed by atoms with van der Waals surface area (Å²) in [7, 11) is 0. The van der Waals surface area contributed by atoms with E-state index >= 15 is 0 Å². The molecule has 0 aliphatic carbocycles. The third-order valence-corrected chi connectivity index (χ3v) is 3.58. The zero-order valence-corrected chi connectivity index (χ0v) is 12.7. The normalized spacial score (nSPS) is 21.3. The second-order valence-corrected chi connectivity index (χ2v) is 5.10. The molecule has 1 atom stereocenters. The van der Waals surface area contributed by atoms with E-state index in [1.54, 1.807) is 24.3 Å². The van der Waals surface area contributed by atoms with Gasteiger partial charge in [0.2, 0.25) is 0 Å². The number of benzene rings is 1. The van der Waals surface area contributed by atoms with Crippen LogP contribution in [-0.4, -0.2) is 40.4 Å². The zero-order chi connectivity index (χ0) is 17.3. The topological polar surface area (TPSA) is 62.1 Å². The molecule has 2 rings (SSSR count). The number of amides is 1. The maximum atomic E-state index is 13.2. The lowest BCUT2D eigenvalue weighted by Gasteiger charge is -2.31. The van der Waals surface area contributed by atoms with E-state index in [9.17, 15) is 23.1 Å². The largest absolute Gasteiger partial charge is 0.448 e. The molecule has 5 nitrogen and oxygen atoms in total. The van der Waals surface area contributed by atoms with Gasteiger partial charge in [-0.25, -0.2) is 4.79 Å². The first-order chi connectivity index (χ1) is 10.7. The highest BCUT2D eigenvalue weighted by molar-refractivity contribution is 6.03. The minimum Gasteiger partial charge on any atom is -0.448 e. The van der Waals surface area contributed by atoms with Crippen molar-refractivity contribution in [2.45, 2.75) is 38.6 Å². The first-order valence-corrected chi connectivity index (χ1v) is 7.15. The van der Waals surface area contributed by atoms with E-state index in [4.69, 9.17) is 0 Å². The van der Waals surface area contributed by atoms with E-state index < -0.39 is 24.4 Å². The molecule has 23 heavy (non-hydrogen) atoms. The van der Waals surface area contributed by atoms with Crippen LogP contribution in [0, 0.1) is 0 Å². The average Bonchev–Trinajstić information content (AvgIpc) is 2.87. The summed E-state index contributed by atoms with van der Waals surface area (Å²) in [5.74, 6) is 0. The first-order valence-electron chi connectivity index (χ1n) is 7.15. The second-order valence-electron chi connectivity index (χ2n) is 5.10. The quantitative estimate of drug-likeness (QED) is 0.926. The van der Waals surface area contributed by atoms with E-state index in [2.05, 4.69) is 9.84 Å². The number of carbonyl (C=O) groups is 1. The molecule has 1 aliphatic rings. The number of aliphatic hydroxyl groups is 1. The fourth-order valence-corrected chi connectivity index (χ4v) is 2.24. The molecule has 0 fully saturated rings. The van der Waals surface area contributed by atoms with Crippen LogP contribution in [0.2, 0.25) is 0 Å². The first kappa shape index (κ1) is 17.3. The van der Waals surface area contributed by atoms with E-state index in [-0.39, 0.29) is 17.3 Å². The van der Waals surface area contributed by atoms with Gasteiger partial charge in [0.15, 0.2) is 0 Å². The standard InChI is InChI=1S/C15H17F3N2O3/c1-3-10-5-7-11(8-6-10)12-9-14(22,15(16,17)18)20(19-12)13(21)23-4-2/h5-8,22H,3-4,9H2,1-2H3/t14-/m0/s1. The van der Waals surface area contributed by atoms with Crippen LogP contribution in [0.5, 0.6) is 0 Å². The molecule has 1 aromatic rings. The van der Waals surface area contributed by atoms with Crippen LogP contribution in [0.3, 0.4) is 0 Å². The molecule has 0 saturated carbocycles. The van der Waals surface area contributed by atoms with E-state index in [0.717, 1.165) is 12.0 Å². The van der Waals surface area contributed by atoms with Crippen LogP contribution < -0.4 is 0 Å². The van der Waals surface area contributed by atoms with Gasteiger partial charge in [-0.3, -0.25) is 0 Å². The predicted octanol–water partition coefficient (Wildman–Crippen LogP) is 3.07. The van der Waals surface area contributed by atoms with E-state index in [1.807, 2.05) is 6.92 Å². The van der Waals surface area contributed by atoms with Crippen LogP contribution in [0.15, 0.2) is 29.4 Å². The van der Waals surface area contributed by atoms with Crippen LogP contribution in [0.1, 0.15) is 31.4 Å². The SMILES string of the molecule is CCOC(=O)N1N=C(c2ccc(CC)cc2)C[C@]1(O)C(F)(F)F. The third kappa shape index (κ3) is 3.17. The molecule has 126 valence electrons. The van der Waals surface area contributed by atoms with Gasteiger partial charge in [0.05, 0.1) is 18.7 Å². The number of hydrogen-bond donors (Lipinski definition) is 1. The number of alkyl halides is 3. The number of nitrogens with zero attached hydrogens (tertiary/aromatic N) is 2. The van der Waals surface area contributed by atoms with Gasteiger partial charge in [0.1, 0.15) is 0 Å². The highest BCUT2D eigenvalue weighted by Crippen LogP contribution is 2.41. The van der Waals surface area contributed by atoms with Gasteiger partial charge in [-0.2, -0.15) is 23.3 Å². The average molecular weight is 330 g/mol. The maximum absolute atomic E-state index is 13.2. The predicted molar refractivity (Wildman–Crippen MR) is 76.8 cm³/mol. The lowest BCUT2D eigenvalue weighted by Crippen LogP contribution is -2.56. The molecule has 0 aromatic heterocycles. The van der Waals surface area contributed by atoms with Crippen molar-refractivity contribution < 1.29 is 27.8 Å². The molecular formula is C15H17F3N2O3. The highest BCUT2D eigenvalue weighted by atomic mass is 19.4. The molecule has 0 bridgehead atoms. The Hall–Kier alpha value is -2.09. The molecule has 1 heterocycles. The van der Waals surface area contributed by atoms with Crippen LogP contribution in [0.25, 0.3) is 0 Å². The van der Waals surface area contributed by atoms with Gasteiger partial charge in [-0.1, -0.05) is 31.2 Å². The maximum Gasteiger partial charge on any atom is 0.439 e. The van der Waals surface area contributed by atoms with Gasteiger partial charge >= 0.3 is 12.3 Å². The summed E-state index contributed by atoms with van der Waals surface area (Å²) < 4.78 is 44.2. The Morgan fingerprint density at radius 2 is 1.96 bits per heavy atom. The van der Waals surface area contributed by atoms with Gasteiger partial charge in [0.25, 0.3) is 5.72 Å². The summed E-state index contributed by atoms with van der Waals surface area (Å²) in [4.78, 5) is 11.7. The molecule has 0 radical (unpaired) electrons. The minimum atomic E-state index is -5.06. The Kier molecular flexibility index (Phi) is 4.65. The summed E-state index contributed by atoms with van der Waals surface area (Å²) in [6, 6.07) is 6.75. The molecule has 0 saturated heterocycles. The molecule has 1 amide bonds. The van der Waals surface area contributed by atoms with E-state index in [1.165, 1.54) is 6.92 Å². The van der Waals surface area contributed by atoms with Crippen molar-refractivity contribution in [3.8, 4) is 0 Å². The third-order valence-electron chi connectivity index (χ3n) is 3.58. The molecular weight excluding hydrogens is 313 g/mol. The summed E-state index contributed by atoms with van der Waals surface area (Å²) in [5, 5.41) is 13.6. The fourth-order valence-electron chi connectivity index (χ4n) is 2.24. The van der Waals surface area contributed by atoms with Crippen molar-refractivity contribution in [3.63, 3.8) is 0 Å². The minimum absolute atomic E-state index is 0.0273. The number of rotatable bonds is 3. The van der Waals surface area contributed by atoms with Crippen molar-refractivity contribution >= 4 is 11.8 Å². The number of hydrazone groups is 1. The molecule has 0 unspecified atom stereocenters. The van der Waals surface area contributed by atoms with Gasteiger partial charge in [-0.15, -0.1) is 0 Å². The monoisotopic (exact) mass is 330 g/mol. The number of hydrogen-bond acceptors (Lipinski definition) is 4. The highest BCUT2D eigenvalue weighted by Gasteiger charge is 2.64. The summed E-state index contributed by atoms with van der Waals surface area (Å²) in [6.45, 7) is 3.28. The van der Waals surface area contributed by atoms with Crippen molar-refractivity contribution in [1.82, 2.24) is 5.01 Å². The van der Waals surface area contributed by atoms with Crippen LogP contribution >= 0.6 is 0 Å². The van der Waals surface area contributed by atoms with Gasteiger partial charge < -0.3 is 9.84 Å². The molecule has 1 aliphatic heterocycles. The lowest BCUT2D eigenvalue weighted by atomic mass is 9.99. The lowest BCUT2D eigenvalue weighted by molar-refractivity contribution is -0.299. The summed E-state index contributed by atoms with van der Waals surface area (Å²) >= 11 is 0. The smallest absolute Gasteiger partial charge is 0.439 e. The second kappa shape index (κ2) is 6.19. The molecule has 1 N–H and O–H groups in total. The van der Waals surface area contributed by atoms with Crippen LogP contribution in [0.4, 0.5) is 18.0 Å². The van der Waals surface area contributed by atoms with Gasteiger partial charge in [0, 0.05) is 0 Å². The van der Waals surface area contributed by atoms with Gasteiger partial charge in [-0.05, 0) is 24.5 Å². The number of ether oxygens (including phenoxy) is 1. The van der Waals surface area contributed by atoms with Crippen LogP contribution in [-0.2, 0) is 11.2 Å². The number of halogens is 3. The van der Waals surface area contributed by atoms with Crippen molar-refractivity contribution in [2.24, 2.45) is 5.10 Å². The summed E-state index contributed by atoms with van der Waals surface area (Å²) in [5.41, 5.74) is -2.00. The number of carbonyl (C=O) groups excluding carboxylic acids is 1. The number of aryl methyl sites for hydroxylation is 1.